The summed E-state index contributed by atoms with van der Waals surface area (Å²) in [7, 11) is -3.71. The van der Waals surface area contributed by atoms with Gasteiger partial charge < -0.3 is 9.52 Å². The van der Waals surface area contributed by atoms with E-state index in [-0.39, 0.29) is 28.0 Å². The third-order valence-corrected chi connectivity index (χ3v) is 6.25. The number of aliphatic hydroxyl groups is 1. The molecule has 0 saturated carbocycles. The van der Waals surface area contributed by atoms with Crippen molar-refractivity contribution in [2.45, 2.75) is 31.4 Å². The molecule has 0 amide bonds. The summed E-state index contributed by atoms with van der Waals surface area (Å²) in [6.07, 6.45) is 0. The summed E-state index contributed by atoms with van der Waals surface area (Å²) in [5, 5.41) is 8.98. The quantitative estimate of drug-likeness (QED) is 0.836. The van der Waals surface area contributed by atoms with Crippen molar-refractivity contribution in [3.05, 3.63) is 38.4 Å². The van der Waals surface area contributed by atoms with E-state index in [4.69, 9.17) is 9.52 Å². The minimum atomic E-state index is -3.71. The van der Waals surface area contributed by atoms with Gasteiger partial charge in [-0.25, -0.2) is 13.1 Å². The van der Waals surface area contributed by atoms with Gasteiger partial charge in [-0.15, -0.1) is 11.3 Å². The number of hydrogen-bond donors (Lipinski definition) is 2. The Balaban J connectivity index is 2.24. The van der Waals surface area contributed by atoms with E-state index in [1.54, 1.807) is 18.3 Å². The van der Waals surface area contributed by atoms with Gasteiger partial charge in [-0.2, -0.15) is 0 Å². The average molecular weight is 380 g/mol. The van der Waals surface area contributed by atoms with Crippen LogP contribution in [-0.4, -0.2) is 13.5 Å². The van der Waals surface area contributed by atoms with Crippen molar-refractivity contribution in [2.75, 3.05) is 0 Å². The van der Waals surface area contributed by atoms with Crippen LogP contribution in [-0.2, 0) is 16.6 Å². The number of halogens is 1. The van der Waals surface area contributed by atoms with Crippen LogP contribution in [0.3, 0.4) is 0 Å². The summed E-state index contributed by atoms with van der Waals surface area (Å²) in [5.41, 5.74) is 0. The van der Waals surface area contributed by atoms with Gasteiger partial charge in [0.2, 0.25) is 10.0 Å². The van der Waals surface area contributed by atoms with Gasteiger partial charge in [0, 0.05) is 15.8 Å². The fourth-order valence-electron chi connectivity index (χ4n) is 1.70. The molecule has 2 N–H and O–H groups in total. The number of thiophene rings is 1. The summed E-state index contributed by atoms with van der Waals surface area (Å²) < 4.78 is 32.4. The van der Waals surface area contributed by atoms with Crippen LogP contribution < -0.4 is 4.72 Å². The third kappa shape index (κ3) is 3.32. The Hall–Kier alpha value is -0.670. The minimum absolute atomic E-state index is 0.0123. The molecule has 20 heavy (non-hydrogen) atoms. The van der Waals surface area contributed by atoms with Crippen molar-refractivity contribution in [1.82, 2.24) is 4.72 Å². The number of aryl methyl sites for hydroxylation is 1. The molecular weight excluding hydrogens is 366 g/mol. The lowest BCUT2D eigenvalue weighted by Gasteiger charge is -2.11. The van der Waals surface area contributed by atoms with Crippen LogP contribution >= 0.6 is 27.3 Å². The van der Waals surface area contributed by atoms with Gasteiger partial charge in [-0.3, -0.25) is 0 Å². The number of aliphatic hydroxyl groups excluding tert-OH is 1. The molecule has 0 aromatic carbocycles. The van der Waals surface area contributed by atoms with Gasteiger partial charge in [0.05, 0.1) is 6.04 Å². The summed E-state index contributed by atoms with van der Waals surface area (Å²) in [5.74, 6) is 0.192. The van der Waals surface area contributed by atoms with Crippen LogP contribution in [0, 0.1) is 6.92 Å². The maximum Gasteiger partial charge on any atom is 0.245 e. The molecule has 0 fully saturated rings. The highest BCUT2D eigenvalue weighted by atomic mass is 79.9. The van der Waals surface area contributed by atoms with Gasteiger partial charge in [0.15, 0.2) is 4.67 Å². The molecule has 2 heterocycles. The van der Waals surface area contributed by atoms with E-state index in [1.165, 1.54) is 6.07 Å². The highest BCUT2D eigenvalue weighted by Gasteiger charge is 2.25. The van der Waals surface area contributed by atoms with Gasteiger partial charge in [0.1, 0.15) is 17.3 Å². The van der Waals surface area contributed by atoms with Crippen LogP contribution in [0.25, 0.3) is 0 Å². The van der Waals surface area contributed by atoms with E-state index in [1.807, 2.05) is 19.1 Å². The molecule has 110 valence electrons. The van der Waals surface area contributed by atoms with Crippen molar-refractivity contribution in [2.24, 2.45) is 0 Å². The molecule has 8 heteroatoms. The monoisotopic (exact) mass is 379 g/mol. The summed E-state index contributed by atoms with van der Waals surface area (Å²) in [6.45, 7) is 3.40. The fraction of sp³-hybridized carbons (Fsp3) is 0.333. The lowest BCUT2D eigenvalue weighted by atomic mass is 10.3. The van der Waals surface area contributed by atoms with Crippen LogP contribution in [0.15, 0.2) is 32.2 Å². The lowest BCUT2D eigenvalue weighted by molar-refractivity contribution is 0.245. The SMILES string of the molecule is Cc1ccc(C(C)NS(=O)(=O)c2cc(CO)oc2Br)s1. The van der Waals surface area contributed by atoms with Crippen LogP contribution in [0.1, 0.15) is 28.5 Å². The lowest BCUT2D eigenvalue weighted by Crippen LogP contribution is -2.26. The van der Waals surface area contributed by atoms with Crippen molar-refractivity contribution in [1.29, 1.82) is 0 Å². The highest BCUT2D eigenvalue weighted by Crippen LogP contribution is 2.29. The fourth-order valence-corrected chi connectivity index (χ4v) is 4.87. The highest BCUT2D eigenvalue weighted by molar-refractivity contribution is 9.10. The van der Waals surface area contributed by atoms with Gasteiger partial charge >= 0.3 is 0 Å². The summed E-state index contributed by atoms with van der Waals surface area (Å²) in [6, 6.07) is 4.82. The zero-order valence-electron chi connectivity index (χ0n) is 10.9. The standard InChI is InChI=1S/C12H14BrNO4S2/c1-7-3-4-10(19-7)8(2)14-20(16,17)11-5-9(6-15)18-12(11)13/h3-5,8,14-15H,6H2,1-2H3. The third-order valence-electron chi connectivity index (χ3n) is 2.67. The predicted molar refractivity (Wildman–Crippen MR) is 80.1 cm³/mol. The molecule has 0 aliphatic carbocycles. The molecule has 1 unspecified atom stereocenters. The van der Waals surface area contributed by atoms with Crippen LogP contribution in [0.5, 0.6) is 0 Å². The Bertz CT molecular complexity index is 705. The minimum Gasteiger partial charge on any atom is -0.450 e. The first-order valence-corrected chi connectivity index (χ1v) is 8.90. The Morgan fingerprint density at radius 1 is 1.50 bits per heavy atom. The Kier molecular flexibility index (Phi) is 4.70. The number of rotatable bonds is 5. The molecule has 0 aliphatic rings. The maximum atomic E-state index is 12.3. The van der Waals surface area contributed by atoms with Crippen molar-refractivity contribution in [3.8, 4) is 0 Å². The molecule has 0 aliphatic heterocycles. The zero-order valence-corrected chi connectivity index (χ0v) is 14.1. The molecule has 5 nitrogen and oxygen atoms in total. The summed E-state index contributed by atoms with van der Waals surface area (Å²) >= 11 is 4.59. The molecule has 2 aromatic heterocycles. The average Bonchev–Trinajstić information content (AvgIpc) is 2.95. The first kappa shape index (κ1) is 15.7. The Labute approximate surface area is 129 Å². The Morgan fingerprint density at radius 2 is 2.20 bits per heavy atom. The smallest absolute Gasteiger partial charge is 0.245 e. The molecule has 1 atom stereocenters. The van der Waals surface area contributed by atoms with E-state index in [2.05, 4.69) is 20.7 Å². The normalized spacial score (nSPS) is 13.6. The van der Waals surface area contributed by atoms with Crippen molar-refractivity contribution < 1.29 is 17.9 Å². The van der Waals surface area contributed by atoms with Crippen molar-refractivity contribution in [3.63, 3.8) is 0 Å². The number of furan rings is 1. The van der Waals surface area contributed by atoms with Gasteiger partial charge in [-0.05, 0) is 41.9 Å². The van der Waals surface area contributed by atoms with E-state index in [9.17, 15) is 8.42 Å². The summed E-state index contributed by atoms with van der Waals surface area (Å²) in [4.78, 5) is 2.05. The molecule has 2 rings (SSSR count). The molecule has 0 spiro atoms. The van der Waals surface area contributed by atoms with Gasteiger partial charge in [-0.1, -0.05) is 0 Å². The van der Waals surface area contributed by atoms with E-state index < -0.39 is 10.0 Å². The molecule has 0 bridgehead atoms. The van der Waals surface area contributed by atoms with Gasteiger partial charge in [0.25, 0.3) is 0 Å². The van der Waals surface area contributed by atoms with Crippen LogP contribution in [0.2, 0.25) is 0 Å². The second kappa shape index (κ2) is 5.98. The topological polar surface area (TPSA) is 79.5 Å². The van der Waals surface area contributed by atoms with Crippen molar-refractivity contribution >= 4 is 37.3 Å². The number of hydrogen-bond acceptors (Lipinski definition) is 5. The van der Waals surface area contributed by atoms with Crippen LogP contribution in [0.4, 0.5) is 0 Å². The molecule has 0 saturated heterocycles. The van der Waals surface area contributed by atoms with E-state index >= 15 is 0 Å². The first-order chi connectivity index (χ1) is 9.33. The first-order valence-electron chi connectivity index (χ1n) is 5.81. The zero-order chi connectivity index (χ0) is 14.9. The second-order valence-electron chi connectivity index (χ2n) is 4.30. The molecular formula is C12H14BrNO4S2. The maximum absolute atomic E-state index is 12.3. The number of sulfonamides is 1. The van der Waals surface area contributed by atoms with E-state index in [0.29, 0.717) is 0 Å². The molecule has 2 aromatic rings. The largest absolute Gasteiger partial charge is 0.450 e. The molecule has 0 radical (unpaired) electrons. The number of nitrogens with one attached hydrogen (secondary N) is 1. The second-order valence-corrected chi connectivity index (χ2v) is 8.02. The Morgan fingerprint density at radius 3 is 2.70 bits per heavy atom. The predicted octanol–water partition coefficient (Wildman–Crippen LogP) is 2.94. The van der Waals surface area contributed by atoms with E-state index in [0.717, 1.165) is 9.75 Å².